The summed E-state index contributed by atoms with van der Waals surface area (Å²) in [6.45, 7) is 4.35. The quantitative estimate of drug-likeness (QED) is 0.180. The number of hydrogen-bond acceptors (Lipinski definition) is 4. The second-order valence-corrected chi connectivity index (χ2v) is 15.1. The van der Waals surface area contributed by atoms with Crippen molar-refractivity contribution in [1.29, 1.82) is 0 Å². The van der Waals surface area contributed by atoms with Crippen LogP contribution in [0.3, 0.4) is 0 Å². The fourth-order valence-corrected chi connectivity index (χ4v) is 8.90. The third-order valence-electron chi connectivity index (χ3n) is 11.5. The van der Waals surface area contributed by atoms with Crippen molar-refractivity contribution in [2.45, 2.75) is 25.4 Å². The van der Waals surface area contributed by atoms with Gasteiger partial charge in [-0.25, -0.2) is 15.0 Å². The van der Waals surface area contributed by atoms with E-state index >= 15 is 13.2 Å². The molecule has 1 aliphatic rings. The Balaban J connectivity index is 1.32. The molecular weight excluding hydrogens is 718 g/mol. The highest BCUT2D eigenvalue weighted by Gasteiger charge is 2.41. The van der Waals surface area contributed by atoms with Crippen molar-refractivity contribution in [3.63, 3.8) is 0 Å². The van der Waals surface area contributed by atoms with Crippen LogP contribution in [0, 0.1) is 0 Å². The van der Waals surface area contributed by atoms with Gasteiger partial charge in [0.1, 0.15) is 11.2 Å². The molecule has 0 saturated heterocycles. The van der Waals surface area contributed by atoms with Crippen molar-refractivity contribution < 1.29 is 17.6 Å². The number of alkyl halides is 3. The number of furan rings is 1. The number of nitrogens with zero attached hydrogens (tertiary/aromatic N) is 4. The van der Waals surface area contributed by atoms with Crippen molar-refractivity contribution in [1.82, 2.24) is 19.5 Å². The van der Waals surface area contributed by atoms with Gasteiger partial charge in [-0.05, 0) is 34.9 Å². The maximum Gasteiger partial charge on any atom is 0.418 e. The first-order valence-electron chi connectivity index (χ1n) is 18.8. The number of hydrogen-bond donors (Lipinski definition) is 0. The van der Waals surface area contributed by atoms with Crippen molar-refractivity contribution in [3.05, 3.63) is 168 Å². The van der Waals surface area contributed by atoms with Gasteiger partial charge in [0, 0.05) is 38.3 Å². The van der Waals surface area contributed by atoms with Gasteiger partial charge in [0.05, 0.1) is 33.2 Å². The van der Waals surface area contributed by atoms with E-state index in [0.29, 0.717) is 44.6 Å². The lowest BCUT2D eigenvalue weighted by Gasteiger charge is -2.22. The van der Waals surface area contributed by atoms with Crippen molar-refractivity contribution in [2.24, 2.45) is 0 Å². The Labute approximate surface area is 324 Å². The zero-order chi connectivity index (χ0) is 38.6. The van der Waals surface area contributed by atoms with Crippen molar-refractivity contribution in [3.8, 4) is 51.0 Å². The highest BCUT2D eigenvalue weighted by Crippen LogP contribution is 2.55. The summed E-state index contributed by atoms with van der Waals surface area (Å²) >= 11 is 0. The molecule has 0 spiro atoms. The van der Waals surface area contributed by atoms with Crippen LogP contribution in [-0.4, -0.2) is 19.5 Å². The second kappa shape index (κ2) is 12.0. The molecule has 7 aromatic carbocycles. The van der Waals surface area contributed by atoms with Crippen molar-refractivity contribution >= 4 is 43.7 Å². The Morgan fingerprint density at radius 2 is 1.16 bits per heavy atom. The summed E-state index contributed by atoms with van der Waals surface area (Å²) in [7, 11) is 0. The number of benzene rings is 7. The Morgan fingerprint density at radius 1 is 0.561 bits per heavy atom. The van der Waals surface area contributed by atoms with E-state index in [4.69, 9.17) is 19.4 Å². The van der Waals surface area contributed by atoms with E-state index < -0.39 is 11.7 Å². The number of rotatable bonds is 4. The molecule has 0 aliphatic heterocycles. The minimum absolute atomic E-state index is 0.00592. The molecule has 3 aromatic heterocycles. The van der Waals surface area contributed by atoms with Crippen LogP contribution in [0.15, 0.2) is 156 Å². The SMILES string of the molecule is CC1(C)c2ccccc2-c2c1ccc1c3ccccc3n(-c3c(C(F)(F)F)cc(-c4nc(-c5ccccc5)nc(-c5ccccc5)n4)c4oc5ccccc5c34)c21. The standard InChI is InChI=1S/C49H31F3N4O/c1-48(2)35-22-12-9-20-32(35)40-36(48)26-25-31-30-19-10-13-23-38(30)56(42(31)40)43-37(49(50,51)52)27-34(44-41(43)33-21-11-14-24-39(33)57-44)47-54-45(28-15-5-3-6-16-28)53-46(55-47)29-17-7-4-8-18-29/h3-27H,1-2H3. The first kappa shape index (κ1) is 33.3. The Kier molecular flexibility index (Phi) is 6.99. The Bertz CT molecular complexity index is 3200. The van der Waals surface area contributed by atoms with E-state index in [1.807, 2.05) is 120 Å². The van der Waals surface area contributed by atoms with E-state index in [0.717, 1.165) is 38.5 Å². The highest BCUT2D eigenvalue weighted by atomic mass is 19.4. The predicted octanol–water partition coefficient (Wildman–Crippen LogP) is 13.2. The smallest absolute Gasteiger partial charge is 0.418 e. The van der Waals surface area contributed by atoms with Gasteiger partial charge in [-0.3, -0.25) is 0 Å². The molecule has 0 unspecified atom stereocenters. The van der Waals surface area contributed by atoms with Gasteiger partial charge >= 0.3 is 6.18 Å². The maximum atomic E-state index is 16.2. The number of fused-ring (bicyclic) bond motifs is 10. The van der Waals surface area contributed by atoms with E-state index in [-0.39, 0.29) is 28.1 Å². The zero-order valence-electron chi connectivity index (χ0n) is 30.8. The molecule has 11 rings (SSSR count). The molecule has 0 saturated carbocycles. The lowest BCUT2D eigenvalue weighted by atomic mass is 9.82. The summed E-state index contributed by atoms with van der Waals surface area (Å²) in [6, 6.07) is 47.3. The van der Waals surface area contributed by atoms with Crippen LogP contribution in [-0.2, 0) is 11.6 Å². The summed E-state index contributed by atoms with van der Waals surface area (Å²) < 4.78 is 57.1. The minimum atomic E-state index is -4.80. The molecule has 3 heterocycles. The van der Waals surface area contributed by atoms with Crippen LogP contribution in [0.25, 0.3) is 94.7 Å². The van der Waals surface area contributed by atoms with Crippen molar-refractivity contribution in [2.75, 3.05) is 0 Å². The van der Waals surface area contributed by atoms with E-state index in [9.17, 15) is 0 Å². The fraction of sp³-hybridized carbons (Fsp3) is 0.0816. The molecule has 274 valence electrons. The summed E-state index contributed by atoms with van der Waals surface area (Å²) in [4.78, 5) is 14.5. The van der Waals surface area contributed by atoms with Crippen LogP contribution in [0.2, 0.25) is 0 Å². The molecule has 57 heavy (non-hydrogen) atoms. The summed E-state index contributed by atoms with van der Waals surface area (Å²) in [6.07, 6.45) is -4.80. The van der Waals surface area contributed by atoms with Gasteiger partial charge in [0.25, 0.3) is 0 Å². The average molecular weight is 749 g/mol. The van der Waals surface area contributed by atoms with E-state index in [2.05, 4.69) is 38.1 Å². The van der Waals surface area contributed by atoms with Gasteiger partial charge < -0.3 is 8.98 Å². The predicted molar refractivity (Wildman–Crippen MR) is 220 cm³/mol. The molecule has 0 amide bonds. The largest absolute Gasteiger partial charge is 0.455 e. The molecule has 0 N–H and O–H groups in total. The lowest BCUT2D eigenvalue weighted by molar-refractivity contribution is -0.137. The molecule has 0 radical (unpaired) electrons. The van der Waals surface area contributed by atoms with Crippen LogP contribution >= 0.6 is 0 Å². The average Bonchev–Trinajstić information content (AvgIpc) is 3.86. The van der Waals surface area contributed by atoms with Gasteiger partial charge in [-0.2, -0.15) is 13.2 Å². The monoisotopic (exact) mass is 748 g/mol. The maximum absolute atomic E-state index is 16.2. The molecule has 0 bridgehead atoms. The molecule has 8 heteroatoms. The van der Waals surface area contributed by atoms with Gasteiger partial charge in [0.2, 0.25) is 0 Å². The highest BCUT2D eigenvalue weighted by molar-refractivity contribution is 6.20. The van der Waals surface area contributed by atoms with E-state index in [1.54, 1.807) is 6.07 Å². The van der Waals surface area contributed by atoms with Gasteiger partial charge in [-0.1, -0.05) is 147 Å². The van der Waals surface area contributed by atoms with Crippen LogP contribution < -0.4 is 0 Å². The molecule has 0 atom stereocenters. The van der Waals surface area contributed by atoms with Gasteiger partial charge in [-0.15, -0.1) is 0 Å². The first-order chi connectivity index (χ1) is 27.7. The zero-order valence-corrected chi connectivity index (χ0v) is 30.8. The third-order valence-corrected chi connectivity index (χ3v) is 11.5. The van der Waals surface area contributed by atoms with E-state index in [1.165, 1.54) is 6.07 Å². The first-order valence-corrected chi connectivity index (χ1v) is 18.8. The number of para-hydroxylation sites is 2. The van der Waals surface area contributed by atoms with Crippen LogP contribution in [0.1, 0.15) is 30.5 Å². The molecule has 10 aromatic rings. The molecule has 5 nitrogen and oxygen atoms in total. The lowest BCUT2D eigenvalue weighted by Crippen LogP contribution is -2.15. The topological polar surface area (TPSA) is 56.7 Å². The summed E-state index contributed by atoms with van der Waals surface area (Å²) in [5.41, 5.74) is 6.53. The van der Waals surface area contributed by atoms with Gasteiger partial charge in [0.15, 0.2) is 17.5 Å². The molecular formula is C49H31F3N4O. The third kappa shape index (κ3) is 4.86. The summed E-state index contributed by atoms with van der Waals surface area (Å²) in [5, 5.41) is 2.60. The number of aromatic nitrogens is 4. The Hall–Kier alpha value is -7.06. The second-order valence-electron chi connectivity index (χ2n) is 15.1. The minimum Gasteiger partial charge on any atom is -0.455 e. The molecule has 1 aliphatic carbocycles. The normalized spacial score (nSPS) is 13.5. The fourth-order valence-electron chi connectivity index (χ4n) is 8.90. The van der Waals surface area contributed by atoms with Crippen LogP contribution in [0.4, 0.5) is 13.2 Å². The van der Waals surface area contributed by atoms with Crippen LogP contribution in [0.5, 0.6) is 0 Å². The summed E-state index contributed by atoms with van der Waals surface area (Å²) in [5.74, 6) is 0.740. The molecule has 0 fully saturated rings. The Morgan fingerprint density at radius 3 is 1.86 bits per heavy atom. The number of halogens is 3.